The molecular formula is C13H17N3. The van der Waals surface area contributed by atoms with Crippen molar-refractivity contribution in [1.29, 1.82) is 5.26 Å². The average Bonchev–Trinajstić information content (AvgIpc) is 2.30. The normalized spacial score (nSPS) is 21.4. The van der Waals surface area contributed by atoms with Crippen LogP contribution in [0.2, 0.25) is 0 Å². The monoisotopic (exact) mass is 215 g/mol. The highest BCUT2D eigenvalue weighted by atomic mass is 15.1. The van der Waals surface area contributed by atoms with Crippen LogP contribution in [-0.2, 0) is 0 Å². The largest absolute Gasteiger partial charge is 0.380 e. The summed E-state index contributed by atoms with van der Waals surface area (Å²) in [6.07, 6.45) is 2.41. The van der Waals surface area contributed by atoms with Crippen molar-refractivity contribution in [3.05, 3.63) is 29.8 Å². The Morgan fingerprint density at radius 2 is 2.25 bits per heavy atom. The van der Waals surface area contributed by atoms with Crippen LogP contribution in [0.15, 0.2) is 24.3 Å². The number of piperidine rings is 1. The molecule has 0 amide bonds. The Bertz CT molecular complexity index is 394. The third-order valence-electron chi connectivity index (χ3n) is 3.03. The zero-order chi connectivity index (χ0) is 11.4. The molecule has 3 nitrogen and oxygen atoms in total. The van der Waals surface area contributed by atoms with Gasteiger partial charge in [-0.2, -0.15) is 5.26 Å². The van der Waals surface area contributed by atoms with Gasteiger partial charge in [0.25, 0.3) is 0 Å². The van der Waals surface area contributed by atoms with Crippen molar-refractivity contribution in [2.24, 2.45) is 0 Å². The van der Waals surface area contributed by atoms with Gasteiger partial charge in [-0.1, -0.05) is 12.1 Å². The smallest absolute Gasteiger partial charge is 0.101 e. The molecule has 0 spiro atoms. The van der Waals surface area contributed by atoms with Crippen LogP contribution in [0.3, 0.4) is 0 Å². The molecule has 1 saturated heterocycles. The van der Waals surface area contributed by atoms with E-state index in [1.165, 1.54) is 19.4 Å². The van der Waals surface area contributed by atoms with Gasteiger partial charge in [0.15, 0.2) is 0 Å². The van der Waals surface area contributed by atoms with Gasteiger partial charge >= 0.3 is 0 Å². The third kappa shape index (κ3) is 2.53. The summed E-state index contributed by atoms with van der Waals surface area (Å²) in [5.74, 6) is 0. The van der Waals surface area contributed by atoms with Gasteiger partial charge in [-0.15, -0.1) is 0 Å². The lowest BCUT2D eigenvalue weighted by molar-refractivity contribution is 0.261. The fourth-order valence-corrected chi connectivity index (χ4v) is 2.21. The number of anilines is 1. The van der Waals surface area contributed by atoms with Crippen molar-refractivity contribution in [1.82, 2.24) is 4.90 Å². The minimum absolute atomic E-state index is 0.466. The van der Waals surface area contributed by atoms with Crippen molar-refractivity contribution in [3.8, 4) is 6.07 Å². The highest BCUT2D eigenvalue weighted by Crippen LogP contribution is 2.18. The molecule has 1 atom stereocenters. The zero-order valence-corrected chi connectivity index (χ0v) is 9.61. The van der Waals surface area contributed by atoms with Crippen molar-refractivity contribution in [2.45, 2.75) is 18.9 Å². The van der Waals surface area contributed by atoms with E-state index >= 15 is 0 Å². The van der Waals surface area contributed by atoms with E-state index in [1.54, 1.807) is 0 Å². The van der Waals surface area contributed by atoms with Gasteiger partial charge in [0.05, 0.1) is 11.3 Å². The van der Waals surface area contributed by atoms with Crippen LogP contribution in [0.5, 0.6) is 0 Å². The van der Waals surface area contributed by atoms with Gasteiger partial charge in [-0.25, -0.2) is 0 Å². The molecule has 1 unspecified atom stereocenters. The molecule has 1 N–H and O–H groups in total. The zero-order valence-electron chi connectivity index (χ0n) is 9.61. The summed E-state index contributed by atoms with van der Waals surface area (Å²) in [6.45, 7) is 2.23. The molecule has 0 saturated carbocycles. The van der Waals surface area contributed by atoms with Crippen molar-refractivity contribution in [3.63, 3.8) is 0 Å². The van der Waals surface area contributed by atoms with Crippen molar-refractivity contribution < 1.29 is 0 Å². The minimum Gasteiger partial charge on any atom is -0.380 e. The van der Waals surface area contributed by atoms with Gasteiger partial charge < -0.3 is 10.2 Å². The van der Waals surface area contributed by atoms with Gasteiger partial charge in [0, 0.05) is 12.6 Å². The van der Waals surface area contributed by atoms with Crippen molar-refractivity contribution >= 4 is 5.69 Å². The molecule has 0 aliphatic carbocycles. The number of nitrogens with zero attached hydrogens (tertiary/aromatic N) is 2. The maximum atomic E-state index is 9.00. The SMILES string of the molecule is CN1CCCC(Nc2ccccc2C#N)C1. The first-order valence-corrected chi connectivity index (χ1v) is 5.74. The van der Waals surface area contributed by atoms with Gasteiger partial charge in [0.2, 0.25) is 0 Å². The van der Waals surface area contributed by atoms with Crippen LogP contribution in [-0.4, -0.2) is 31.1 Å². The molecule has 3 heteroatoms. The topological polar surface area (TPSA) is 39.1 Å². The van der Waals surface area contributed by atoms with E-state index in [2.05, 4.69) is 23.3 Å². The van der Waals surface area contributed by atoms with Crippen LogP contribution in [0.4, 0.5) is 5.69 Å². The fourth-order valence-electron chi connectivity index (χ4n) is 2.21. The maximum absolute atomic E-state index is 9.00. The summed E-state index contributed by atoms with van der Waals surface area (Å²) in [6, 6.07) is 10.4. The van der Waals surface area contributed by atoms with Crippen LogP contribution in [0.1, 0.15) is 18.4 Å². The fraction of sp³-hybridized carbons (Fsp3) is 0.462. The Morgan fingerprint density at radius 3 is 3.00 bits per heavy atom. The number of hydrogen-bond acceptors (Lipinski definition) is 3. The van der Waals surface area contributed by atoms with Gasteiger partial charge in [0.1, 0.15) is 6.07 Å². The molecule has 1 heterocycles. The molecule has 1 fully saturated rings. The molecule has 84 valence electrons. The lowest BCUT2D eigenvalue weighted by Gasteiger charge is -2.31. The van der Waals surface area contributed by atoms with E-state index in [9.17, 15) is 0 Å². The molecule has 1 aliphatic rings. The molecule has 2 rings (SSSR count). The molecule has 1 aromatic carbocycles. The van der Waals surface area contributed by atoms with E-state index in [0.29, 0.717) is 6.04 Å². The molecule has 1 aliphatic heterocycles. The number of likely N-dealkylation sites (tertiary alicyclic amines) is 1. The highest BCUT2D eigenvalue weighted by molar-refractivity contribution is 5.57. The maximum Gasteiger partial charge on any atom is 0.101 e. The number of rotatable bonds is 2. The number of likely N-dealkylation sites (N-methyl/N-ethyl adjacent to an activating group) is 1. The predicted octanol–water partition coefficient (Wildman–Crippen LogP) is 2.06. The first kappa shape index (κ1) is 11.0. The van der Waals surface area contributed by atoms with Gasteiger partial charge in [-0.3, -0.25) is 0 Å². The molecule has 16 heavy (non-hydrogen) atoms. The predicted molar refractivity (Wildman–Crippen MR) is 65.3 cm³/mol. The lowest BCUT2D eigenvalue weighted by atomic mass is 10.1. The average molecular weight is 215 g/mol. The first-order chi connectivity index (χ1) is 7.79. The molecule has 0 bridgehead atoms. The number of nitriles is 1. The van der Waals surface area contributed by atoms with Crippen LogP contribution >= 0.6 is 0 Å². The molecular weight excluding hydrogens is 198 g/mol. The summed E-state index contributed by atoms with van der Waals surface area (Å²) in [5.41, 5.74) is 1.70. The number of benzene rings is 1. The number of hydrogen-bond donors (Lipinski definition) is 1. The minimum atomic E-state index is 0.466. The summed E-state index contributed by atoms with van der Waals surface area (Å²) >= 11 is 0. The summed E-state index contributed by atoms with van der Waals surface area (Å²) < 4.78 is 0. The summed E-state index contributed by atoms with van der Waals surface area (Å²) in [4.78, 5) is 2.33. The molecule has 0 aromatic heterocycles. The van der Waals surface area contributed by atoms with Crippen LogP contribution in [0, 0.1) is 11.3 Å². The Kier molecular flexibility index (Phi) is 3.43. The lowest BCUT2D eigenvalue weighted by Crippen LogP contribution is -2.39. The van der Waals surface area contributed by atoms with E-state index < -0.39 is 0 Å². The number of nitrogens with one attached hydrogen (secondary N) is 1. The number of para-hydroxylation sites is 1. The second kappa shape index (κ2) is 5.00. The quantitative estimate of drug-likeness (QED) is 0.820. The van der Waals surface area contributed by atoms with Crippen LogP contribution in [0.25, 0.3) is 0 Å². The van der Waals surface area contributed by atoms with E-state index in [0.717, 1.165) is 17.8 Å². The summed E-state index contributed by atoms with van der Waals surface area (Å²) in [5, 5.41) is 12.5. The van der Waals surface area contributed by atoms with E-state index in [1.807, 2.05) is 24.3 Å². The molecule has 0 radical (unpaired) electrons. The highest BCUT2D eigenvalue weighted by Gasteiger charge is 2.17. The Labute approximate surface area is 96.7 Å². The first-order valence-electron chi connectivity index (χ1n) is 5.74. The molecule has 1 aromatic rings. The van der Waals surface area contributed by atoms with E-state index in [4.69, 9.17) is 5.26 Å². The van der Waals surface area contributed by atoms with Crippen molar-refractivity contribution in [2.75, 3.05) is 25.5 Å². The third-order valence-corrected chi connectivity index (χ3v) is 3.03. The summed E-state index contributed by atoms with van der Waals surface area (Å²) in [7, 11) is 2.14. The van der Waals surface area contributed by atoms with Crippen LogP contribution < -0.4 is 5.32 Å². The Balaban J connectivity index is 2.06. The van der Waals surface area contributed by atoms with Gasteiger partial charge in [-0.05, 0) is 38.6 Å². The standard InChI is InChI=1S/C13H17N3/c1-16-8-4-6-12(10-16)15-13-7-3-2-5-11(13)9-14/h2-3,5,7,12,15H,4,6,8,10H2,1H3. The second-order valence-corrected chi connectivity index (χ2v) is 4.40. The Hall–Kier alpha value is -1.53. The van der Waals surface area contributed by atoms with E-state index in [-0.39, 0.29) is 0 Å². The second-order valence-electron chi connectivity index (χ2n) is 4.40. The Morgan fingerprint density at radius 1 is 1.44 bits per heavy atom.